The van der Waals surface area contributed by atoms with E-state index in [4.69, 9.17) is 14.6 Å². The fraction of sp³-hybridized carbons (Fsp3) is 0.258. The second-order valence-electron chi connectivity index (χ2n) is 10.0. The van der Waals surface area contributed by atoms with Crippen LogP contribution in [-0.4, -0.2) is 27.7 Å². The Balaban J connectivity index is 1.31. The minimum absolute atomic E-state index is 0.0239. The molecular formula is C31H27FN2O4. The van der Waals surface area contributed by atoms with Crippen LogP contribution in [0.3, 0.4) is 0 Å². The summed E-state index contributed by atoms with van der Waals surface area (Å²) in [5.74, 6) is -0.0649. The van der Waals surface area contributed by atoms with Gasteiger partial charge in [0.2, 0.25) is 0 Å². The van der Waals surface area contributed by atoms with Crippen LogP contribution in [0.25, 0.3) is 22.3 Å². The molecule has 38 heavy (non-hydrogen) atoms. The Morgan fingerprint density at radius 1 is 1.08 bits per heavy atom. The number of rotatable bonds is 6. The van der Waals surface area contributed by atoms with Crippen molar-refractivity contribution in [2.45, 2.75) is 45.1 Å². The van der Waals surface area contributed by atoms with Crippen molar-refractivity contribution in [3.8, 4) is 33.8 Å². The van der Waals surface area contributed by atoms with Gasteiger partial charge >= 0.3 is 5.97 Å². The van der Waals surface area contributed by atoms with Crippen molar-refractivity contribution in [3.05, 3.63) is 94.8 Å². The van der Waals surface area contributed by atoms with Gasteiger partial charge in [-0.2, -0.15) is 0 Å². The van der Waals surface area contributed by atoms with Gasteiger partial charge in [0.1, 0.15) is 29.7 Å². The molecule has 1 aromatic heterocycles. The van der Waals surface area contributed by atoms with Crippen LogP contribution >= 0.6 is 0 Å². The number of fused-ring (bicyclic) bond motifs is 2. The summed E-state index contributed by atoms with van der Waals surface area (Å²) in [7, 11) is 0. The standard InChI is InChI=1S/C31H27FN2O4/c1-17-9-19(21-13-33-16-34-14-21)10-18(2)30(17)24-5-7-26(32)31-25(24)6-8-27(31)38-22-3-4-23-20(11-29(35)36)15-37-28(23)12-22/h3-5,7,9-10,12-14,16,20,27H,6,8,11,15H2,1-2H3,(H,35,36)/t20-,27-/m1/s1. The number of ether oxygens (including phenoxy) is 2. The molecule has 3 aromatic carbocycles. The maximum atomic E-state index is 15.2. The number of carbonyl (C=O) groups is 1. The monoisotopic (exact) mass is 510 g/mol. The quantitative estimate of drug-likeness (QED) is 0.315. The van der Waals surface area contributed by atoms with Crippen molar-refractivity contribution >= 4 is 5.97 Å². The molecule has 6 nitrogen and oxygen atoms in total. The number of carboxylic acids is 1. The van der Waals surface area contributed by atoms with Gasteiger partial charge < -0.3 is 14.6 Å². The zero-order valence-electron chi connectivity index (χ0n) is 21.2. The lowest BCUT2D eigenvalue weighted by molar-refractivity contribution is -0.137. The number of halogens is 1. The highest BCUT2D eigenvalue weighted by Gasteiger charge is 2.32. The summed E-state index contributed by atoms with van der Waals surface area (Å²) in [6.07, 6.45) is 6.10. The van der Waals surface area contributed by atoms with Crippen molar-refractivity contribution < 1.29 is 23.8 Å². The maximum absolute atomic E-state index is 15.2. The van der Waals surface area contributed by atoms with E-state index in [1.807, 2.05) is 18.2 Å². The number of aryl methyl sites for hydroxylation is 2. The molecule has 0 saturated carbocycles. The summed E-state index contributed by atoms with van der Waals surface area (Å²) in [6.45, 7) is 4.50. The van der Waals surface area contributed by atoms with E-state index in [1.54, 1.807) is 18.5 Å². The molecule has 1 aliphatic heterocycles. The van der Waals surface area contributed by atoms with Gasteiger partial charge in [-0.15, -0.1) is 0 Å². The van der Waals surface area contributed by atoms with Gasteiger partial charge in [-0.25, -0.2) is 14.4 Å². The molecule has 0 fully saturated rings. The van der Waals surface area contributed by atoms with Crippen molar-refractivity contribution in [2.75, 3.05) is 6.61 Å². The van der Waals surface area contributed by atoms with E-state index >= 15 is 4.39 Å². The van der Waals surface area contributed by atoms with Gasteiger partial charge in [0.05, 0.1) is 13.0 Å². The Kier molecular flexibility index (Phi) is 6.06. The lowest BCUT2D eigenvalue weighted by Gasteiger charge is -2.19. The number of hydrogen-bond donors (Lipinski definition) is 1. The Morgan fingerprint density at radius 2 is 1.84 bits per heavy atom. The molecule has 192 valence electrons. The molecule has 7 heteroatoms. The van der Waals surface area contributed by atoms with Gasteiger partial charge in [0.25, 0.3) is 0 Å². The molecule has 2 heterocycles. The van der Waals surface area contributed by atoms with Crippen molar-refractivity contribution in [2.24, 2.45) is 0 Å². The lowest BCUT2D eigenvalue weighted by Crippen LogP contribution is -2.07. The number of aromatic nitrogens is 2. The first-order chi connectivity index (χ1) is 18.4. The summed E-state index contributed by atoms with van der Waals surface area (Å²) in [6, 6.07) is 13.1. The average Bonchev–Trinajstić information content (AvgIpc) is 3.50. The van der Waals surface area contributed by atoms with Gasteiger partial charge in [-0.1, -0.05) is 24.3 Å². The molecule has 2 aliphatic rings. The molecule has 0 saturated heterocycles. The first-order valence-electron chi connectivity index (χ1n) is 12.7. The van der Waals surface area contributed by atoms with E-state index < -0.39 is 12.1 Å². The van der Waals surface area contributed by atoms with E-state index in [-0.39, 0.29) is 18.2 Å². The van der Waals surface area contributed by atoms with Crippen LogP contribution in [0.4, 0.5) is 4.39 Å². The first-order valence-corrected chi connectivity index (χ1v) is 12.7. The minimum Gasteiger partial charge on any atom is -0.492 e. The largest absolute Gasteiger partial charge is 0.492 e. The zero-order chi connectivity index (χ0) is 26.4. The highest BCUT2D eigenvalue weighted by molar-refractivity contribution is 5.79. The molecule has 1 N–H and O–H groups in total. The molecule has 0 bridgehead atoms. The highest BCUT2D eigenvalue weighted by atomic mass is 19.1. The fourth-order valence-corrected chi connectivity index (χ4v) is 5.90. The molecule has 6 rings (SSSR count). The van der Waals surface area contributed by atoms with Crippen molar-refractivity contribution in [1.82, 2.24) is 9.97 Å². The first kappa shape index (κ1) is 24.1. The number of aliphatic carboxylic acids is 1. The Hall–Kier alpha value is -4.26. The molecule has 0 unspecified atom stereocenters. The van der Waals surface area contributed by atoms with Crippen LogP contribution in [0.2, 0.25) is 0 Å². The van der Waals surface area contributed by atoms with Crippen LogP contribution in [0.5, 0.6) is 11.5 Å². The molecule has 0 spiro atoms. The van der Waals surface area contributed by atoms with Crippen molar-refractivity contribution in [3.63, 3.8) is 0 Å². The topological polar surface area (TPSA) is 81.5 Å². The molecule has 0 radical (unpaired) electrons. The predicted molar refractivity (Wildman–Crippen MR) is 141 cm³/mol. The highest BCUT2D eigenvalue weighted by Crippen LogP contribution is 2.45. The number of carboxylic acid groups (broad SMARTS) is 1. The Bertz CT molecular complexity index is 1530. The maximum Gasteiger partial charge on any atom is 0.304 e. The van der Waals surface area contributed by atoms with E-state index in [2.05, 4.69) is 35.9 Å². The van der Waals surface area contributed by atoms with Crippen LogP contribution in [0, 0.1) is 19.7 Å². The van der Waals surface area contributed by atoms with E-state index in [0.717, 1.165) is 44.5 Å². The molecule has 0 amide bonds. The smallest absolute Gasteiger partial charge is 0.304 e. The summed E-state index contributed by atoms with van der Waals surface area (Å²) >= 11 is 0. The summed E-state index contributed by atoms with van der Waals surface area (Å²) in [4.78, 5) is 19.4. The molecule has 2 atom stereocenters. The molecule has 4 aromatic rings. The third kappa shape index (κ3) is 4.28. The van der Waals surface area contributed by atoms with E-state index in [9.17, 15) is 4.79 Å². The lowest BCUT2D eigenvalue weighted by atomic mass is 9.88. The summed E-state index contributed by atoms with van der Waals surface area (Å²) in [5.41, 5.74) is 8.82. The van der Waals surface area contributed by atoms with Crippen LogP contribution < -0.4 is 9.47 Å². The molecule has 1 aliphatic carbocycles. The Labute approximate surface area is 220 Å². The average molecular weight is 511 g/mol. The number of benzene rings is 3. The third-order valence-corrected chi connectivity index (χ3v) is 7.54. The van der Waals surface area contributed by atoms with Gasteiger partial charge in [0, 0.05) is 41.1 Å². The number of hydrogen-bond acceptors (Lipinski definition) is 5. The van der Waals surface area contributed by atoms with Crippen LogP contribution in [0.1, 0.15) is 52.7 Å². The third-order valence-electron chi connectivity index (χ3n) is 7.54. The second-order valence-corrected chi connectivity index (χ2v) is 10.0. The zero-order valence-corrected chi connectivity index (χ0v) is 21.2. The van der Waals surface area contributed by atoms with Gasteiger partial charge in [-0.3, -0.25) is 4.79 Å². The van der Waals surface area contributed by atoms with Crippen LogP contribution in [0.15, 0.2) is 61.2 Å². The van der Waals surface area contributed by atoms with Crippen LogP contribution in [-0.2, 0) is 11.2 Å². The molecular weight excluding hydrogens is 483 g/mol. The normalized spacial score (nSPS) is 17.6. The van der Waals surface area contributed by atoms with Gasteiger partial charge in [0.15, 0.2) is 0 Å². The van der Waals surface area contributed by atoms with Crippen molar-refractivity contribution in [1.29, 1.82) is 0 Å². The summed E-state index contributed by atoms with van der Waals surface area (Å²) in [5, 5.41) is 9.15. The predicted octanol–water partition coefficient (Wildman–Crippen LogP) is 6.58. The van der Waals surface area contributed by atoms with E-state index in [1.165, 1.54) is 12.4 Å². The Morgan fingerprint density at radius 3 is 2.58 bits per heavy atom. The fourth-order valence-electron chi connectivity index (χ4n) is 5.90. The minimum atomic E-state index is -0.852. The SMILES string of the molecule is Cc1cc(-c2cncnc2)cc(C)c1-c1ccc(F)c2c1CC[C@H]2Oc1ccc2c(c1)OC[C@H]2CC(=O)O. The summed E-state index contributed by atoms with van der Waals surface area (Å²) < 4.78 is 27.3. The van der Waals surface area contributed by atoms with E-state index in [0.29, 0.717) is 36.5 Å². The number of nitrogens with zero attached hydrogens (tertiary/aromatic N) is 2. The second kappa shape index (κ2) is 9.56. The van der Waals surface area contributed by atoms with Gasteiger partial charge in [-0.05, 0) is 72.2 Å².